The van der Waals surface area contributed by atoms with E-state index in [4.69, 9.17) is 4.42 Å². The highest BCUT2D eigenvalue weighted by Gasteiger charge is 2.60. The van der Waals surface area contributed by atoms with Gasteiger partial charge in [-0.2, -0.15) is 0 Å². The van der Waals surface area contributed by atoms with Crippen LogP contribution in [0, 0.1) is 25.7 Å². The fraction of sp³-hybridized carbons (Fsp3) is 0.500. The monoisotopic (exact) mass is 430 g/mol. The number of hydrogen-bond donors (Lipinski definition) is 1. The van der Waals surface area contributed by atoms with Crippen LogP contribution in [0.1, 0.15) is 66.4 Å². The molecule has 0 spiro atoms. The van der Waals surface area contributed by atoms with Gasteiger partial charge in [-0.05, 0) is 82.4 Å². The first-order valence-corrected chi connectivity index (χ1v) is 11.3. The highest BCUT2D eigenvalue weighted by Crippen LogP contribution is 2.62. The van der Waals surface area contributed by atoms with Gasteiger partial charge in [-0.1, -0.05) is 0 Å². The second-order valence-electron chi connectivity index (χ2n) is 10.1. The number of carbonyl (C=O) groups excluding carboxylic acids is 1. The highest BCUT2D eigenvalue weighted by molar-refractivity contribution is 5.92. The van der Waals surface area contributed by atoms with Gasteiger partial charge in [-0.15, -0.1) is 10.2 Å². The Morgan fingerprint density at radius 1 is 1.06 bits per heavy atom. The lowest BCUT2D eigenvalue weighted by Gasteiger charge is -2.60. The molecule has 7 rings (SSSR count). The molecule has 2 atom stereocenters. The molecular formula is C24H26N6O2. The first-order chi connectivity index (χ1) is 15.4. The highest BCUT2D eigenvalue weighted by atomic mass is 16.4. The van der Waals surface area contributed by atoms with Gasteiger partial charge in [0.25, 0.3) is 5.91 Å². The van der Waals surface area contributed by atoms with Gasteiger partial charge in [0.15, 0.2) is 0 Å². The zero-order chi connectivity index (χ0) is 21.9. The lowest BCUT2D eigenvalue weighted by atomic mass is 9.46. The lowest BCUT2D eigenvalue weighted by molar-refractivity contribution is -0.0471. The average Bonchev–Trinajstić information content (AvgIpc) is 3.24. The molecule has 164 valence electrons. The predicted molar refractivity (Wildman–Crippen MR) is 116 cm³/mol. The zero-order valence-electron chi connectivity index (χ0n) is 18.3. The second kappa shape index (κ2) is 6.92. The Balaban J connectivity index is 1.30. The van der Waals surface area contributed by atoms with Gasteiger partial charge in [0.05, 0.1) is 11.0 Å². The molecule has 3 aromatic rings. The molecule has 4 saturated carbocycles. The Kier molecular flexibility index (Phi) is 4.22. The number of nitrogens with zero attached hydrogens (tertiary/aromatic N) is 5. The molecule has 4 aliphatic carbocycles. The number of pyridine rings is 1. The van der Waals surface area contributed by atoms with Crippen LogP contribution in [0.5, 0.6) is 0 Å². The molecule has 0 aliphatic heterocycles. The maximum Gasteiger partial charge on any atom is 0.270 e. The van der Waals surface area contributed by atoms with E-state index in [9.17, 15) is 4.79 Å². The predicted octanol–water partition coefficient (Wildman–Crippen LogP) is 3.56. The van der Waals surface area contributed by atoms with Crippen molar-refractivity contribution in [3.05, 3.63) is 53.7 Å². The minimum Gasteiger partial charge on any atom is -0.420 e. The van der Waals surface area contributed by atoms with E-state index in [1.807, 2.05) is 19.1 Å². The van der Waals surface area contributed by atoms with E-state index in [-0.39, 0.29) is 16.9 Å². The van der Waals surface area contributed by atoms with Crippen LogP contribution in [0.2, 0.25) is 0 Å². The molecule has 3 heterocycles. The smallest absolute Gasteiger partial charge is 0.270 e. The Labute approximate surface area is 186 Å². The molecule has 8 heteroatoms. The Hall–Kier alpha value is -3.16. The van der Waals surface area contributed by atoms with E-state index >= 15 is 0 Å². The molecule has 4 fully saturated rings. The summed E-state index contributed by atoms with van der Waals surface area (Å²) in [6, 6.07) is 5.59. The van der Waals surface area contributed by atoms with Crippen LogP contribution < -0.4 is 5.32 Å². The van der Waals surface area contributed by atoms with Gasteiger partial charge in [-0.3, -0.25) is 9.78 Å². The summed E-state index contributed by atoms with van der Waals surface area (Å²) < 4.78 is 6.25. The number of rotatable bonds is 4. The molecule has 8 nitrogen and oxygen atoms in total. The van der Waals surface area contributed by atoms with Gasteiger partial charge in [-0.25, -0.2) is 9.97 Å². The normalized spacial score (nSPS) is 30.4. The summed E-state index contributed by atoms with van der Waals surface area (Å²) in [7, 11) is 0. The third kappa shape index (κ3) is 3.20. The summed E-state index contributed by atoms with van der Waals surface area (Å²) in [6.45, 7) is 3.75. The maximum atomic E-state index is 13.1. The summed E-state index contributed by atoms with van der Waals surface area (Å²) >= 11 is 0. The molecule has 32 heavy (non-hydrogen) atoms. The molecule has 4 aliphatic rings. The fourth-order valence-electron chi connectivity index (χ4n) is 6.70. The first kappa shape index (κ1) is 19.5. The third-order valence-electron chi connectivity index (χ3n) is 7.49. The van der Waals surface area contributed by atoms with Gasteiger partial charge in [0, 0.05) is 23.6 Å². The molecule has 0 radical (unpaired) electrons. The fourth-order valence-corrected chi connectivity index (χ4v) is 6.70. The average molecular weight is 431 g/mol. The maximum absolute atomic E-state index is 13.1. The largest absolute Gasteiger partial charge is 0.420 e. The van der Waals surface area contributed by atoms with E-state index in [2.05, 4.69) is 30.5 Å². The van der Waals surface area contributed by atoms with Crippen molar-refractivity contribution >= 4 is 5.91 Å². The van der Waals surface area contributed by atoms with Crippen LogP contribution in [0.4, 0.5) is 0 Å². The molecule has 1 N–H and O–H groups in total. The van der Waals surface area contributed by atoms with Crippen molar-refractivity contribution in [1.29, 1.82) is 0 Å². The number of hydrogen-bond acceptors (Lipinski definition) is 7. The van der Waals surface area contributed by atoms with Crippen LogP contribution in [-0.4, -0.2) is 36.6 Å². The number of aryl methyl sites for hydroxylation is 2. The quantitative estimate of drug-likeness (QED) is 0.674. The minimum atomic E-state index is -0.250. The van der Waals surface area contributed by atoms with Gasteiger partial charge >= 0.3 is 0 Å². The lowest BCUT2D eigenvalue weighted by Crippen LogP contribution is -2.64. The minimum absolute atomic E-state index is 0.121. The summed E-state index contributed by atoms with van der Waals surface area (Å²) in [5.74, 6) is 2.81. The van der Waals surface area contributed by atoms with Gasteiger partial charge < -0.3 is 9.73 Å². The van der Waals surface area contributed by atoms with Crippen LogP contribution >= 0.6 is 0 Å². The molecule has 3 aromatic heterocycles. The molecule has 0 aromatic carbocycles. The number of nitrogens with one attached hydrogen (secondary N) is 1. The van der Waals surface area contributed by atoms with Crippen LogP contribution in [0.3, 0.4) is 0 Å². The van der Waals surface area contributed by atoms with E-state index in [1.165, 1.54) is 6.42 Å². The van der Waals surface area contributed by atoms with Gasteiger partial charge in [0.1, 0.15) is 11.5 Å². The van der Waals surface area contributed by atoms with Crippen LogP contribution in [0.25, 0.3) is 11.5 Å². The molecular weight excluding hydrogens is 404 g/mol. The van der Waals surface area contributed by atoms with Crippen molar-refractivity contribution in [2.75, 3.05) is 0 Å². The van der Waals surface area contributed by atoms with Crippen molar-refractivity contribution < 1.29 is 9.21 Å². The Morgan fingerprint density at radius 3 is 2.59 bits per heavy atom. The standard InChI is InChI=1S/C24H26N6O2/c1-14-3-4-18(12-26-14)21-29-30-22(32-21)23-8-16-7-17(9-23)11-24(10-16,13-23)28-20(31)19-5-6-25-15(2)27-19/h3-6,12,16-17H,7-11,13H2,1-2H3,(H,28,31). The Morgan fingerprint density at radius 2 is 1.88 bits per heavy atom. The third-order valence-corrected chi connectivity index (χ3v) is 7.49. The van der Waals surface area contributed by atoms with Crippen molar-refractivity contribution in [1.82, 2.24) is 30.5 Å². The van der Waals surface area contributed by atoms with E-state index in [1.54, 1.807) is 25.4 Å². The molecule has 0 saturated heterocycles. The molecule has 2 unspecified atom stereocenters. The van der Waals surface area contributed by atoms with Crippen molar-refractivity contribution in [2.24, 2.45) is 11.8 Å². The summed E-state index contributed by atoms with van der Waals surface area (Å²) in [5, 5.41) is 12.2. The van der Waals surface area contributed by atoms with Gasteiger partial charge in [0.2, 0.25) is 11.8 Å². The van der Waals surface area contributed by atoms with E-state index in [0.717, 1.165) is 43.4 Å². The van der Waals surface area contributed by atoms with Crippen molar-refractivity contribution in [2.45, 2.75) is 63.3 Å². The van der Waals surface area contributed by atoms with Crippen LogP contribution in [-0.2, 0) is 5.41 Å². The van der Waals surface area contributed by atoms with Crippen molar-refractivity contribution in [3.8, 4) is 11.5 Å². The number of aromatic nitrogens is 5. The molecule has 1 amide bonds. The SMILES string of the molecule is Cc1ccc(-c2nnc(C34CC5CC(CC(NC(=O)c6ccnc(C)n6)(C5)C3)C4)o2)cn1. The summed E-state index contributed by atoms with van der Waals surface area (Å²) in [4.78, 5) is 25.9. The van der Waals surface area contributed by atoms with Crippen molar-refractivity contribution in [3.63, 3.8) is 0 Å². The number of amides is 1. The van der Waals surface area contributed by atoms with E-state index < -0.39 is 0 Å². The van der Waals surface area contributed by atoms with Crippen LogP contribution in [0.15, 0.2) is 35.0 Å². The summed E-state index contributed by atoms with van der Waals surface area (Å²) in [5.41, 5.74) is 1.78. The Bertz CT molecular complexity index is 1170. The molecule has 4 bridgehead atoms. The van der Waals surface area contributed by atoms with E-state index in [0.29, 0.717) is 35.1 Å². The first-order valence-electron chi connectivity index (χ1n) is 11.3. The number of carbonyl (C=O) groups is 1. The second-order valence-corrected chi connectivity index (χ2v) is 10.1. The summed E-state index contributed by atoms with van der Waals surface area (Å²) in [6.07, 6.45) is 9.55. The topological polar surface area (TPSA) is 107 Å². The zero-order valence-corrected chi connectivity index (χ0v) is 18.3.